The molecular weight excluding hydrogens is 490 g/mol. The molecule has 3 aromatic rings. The number of aliphatic imine (C=N–C) groups is 1. The number of Topliss-reactive ketones (excluding diaryl/α,β-unsaturated/α-hetero) is 1. The molecule has 1 aliphatic heterocycles. The van der Waals surface area contributed by atoms with Crippen LogP contribution in [-0.2, 0) is 6.42 Å². The van der Waals surface area contributed by atoms with Crippen molar-refractivity contribution in [3.63, 3.8) is 0 Å². The molecule has 1 N–H and O–H groups in total. The first-order valence-corrected chi connectivity index (χ1v) is 11.7. The standard InChI is InChI=1S/C27H23Cl2FN2O3/c1-27(2)14-16-6-9-18(35-3)10-19(16)24(32-27)13-25(33)15-4-7-17(8-5-15)31-26(34)20-11-23(30)22(29)12-21(20)28/h4-12H,13-14H2,1-3H3,(H,31,34). The highest BCUT2D eigenvalue weighted by Crippen LogP contribution is 2.31. The second kappa shape index (κ2) is 9.80. The largest absolute Gasteiger partial charge is 0.497 e. The van der Waals surface area contributed by atoms with E-state index in [1.54, 1.807) is 31.4 Å². The van der Waals surface area contributed by atoms with Crippen LogP contribution in [0.4, 0.5) is 10.1 Å². The molecule has 180 valence electrons. The highest BCUT2D eigenvalue weighted by atomic mass is 35.5. The van der Waals surface area contributed by atoms with Crippen molar-refractivity contribution in [2.24, 2.45) is 4.99 Å². The minimum atomic E-state index is -0.741. The number of anilines is 1. The zero-order valence-electron chi connectivity index (χ0n) is 19.4. The fourth-order valence-corrected chi connectivity index (χ4v) is 4.53. The minimum Gasteiger partial charge on any atom is -0.497 e. The Bertz CT molecular complexity index is 1350. The number of benzene rings is 3. The van der Waals surface area contributed by atoms with Crippen LogP contribution in [0.2, 0.25) is 10.0 Å². The highest BCUT2D eigenvalue weighted by molar-refractivity contribution is 6.37. The summed E-state index contributed by atoms with van der Waals surface area (Å²) in [5, 5.41) is 2.52. The Hall–Kier alpha value is -3.22. The van der Waals surface area contributed by atoms with E-state index in [1.807, 2.05) is 32.0 Å². The summed E-state index contributed by atoms with van der Waals surface area (Å²) in [7, 11) is 1.61. The molecular formula is C27H23Cl2FN2O3. The lowest BCUT2D eigenvalue weighted by Crippen LogP contribution is -2.30. The summed E-state index contributed by atoms with van der Waals surface area (Å²) >= 11 is 11.7. The molecule has 0 spiro atoms. The second-order valence-corrected chi connectivity index (χ2v) is 9.76. The Morgan fingerprint density at radius 1 is 1.06 bits per heavy atom. The van der Waals surface area contributed by atoms with Gasteiger partial charge in [-0.3, -0.25) is 14.6 Å². The van der Waals surface area contributed by atoms with Crippen LogP contribution in [0.1, 0.15) is 52.1 Å². The van der Waals surface area contributed by atoms with Gasteiger partial charge < -0.3 is 10.1 Å². The molecule has 0 fully saturated rings. The van der Waals surface area contributed by atoms with E-state index in [2.05, 4.69) is 5.32 Å². The maximum atomic E-state index is 13.8. The zero-order chi connectivity index (χ0) is 25.3. The third-order valence-corrected chi connectivity index (χ3v) is 6.34. The van der Waals surface area contributed by atoms with Crippen LogP contribution in [0.25, 0.3) is 0 Å². The van der Waals surface area contributed by atoms with Crippen LogP contribution in [-0.4, -0.2) is 30.1 Å². The van der Waals surface area contributed by atoms with Crippen LogP contribution in [0.15, 0.2) is 59.6 Å². The van der Waals surface area contributed by atoms with Crippen LogP contribution in [0, 0.1) is 5.82 Å². The zero-order valence-corrected chi connectivity index (χ0v) is 20.9. The normalized spacial score (nSPS) is 14.1. The molecule has 0 radical (unpaired) electrons. The van der Waals surface area contributed by atoms with E-state index in [0.29, 0.717) is 17.0 Å². The monoisotopic (exact) mass is 512 g/mol. The van der Waals surface area contributed by atoms with Gasteiger partial charge in [-0.15, -0.1) is 0 Å². The number of hydrogen-bond acceptors (Lipinski definition) is 4. The molecule has 1 aliphatic rings. The van der Waals surface area contributed by atoms with Crippen molar-refractivity contribution in [1.29, 1.82) is 0 Å². The van der Waals surface area contributed by atoms with Gasteiger partial charge in [0.1, 0.15) is 11.6 Å². The molecule has 1 amide bonds. The fourth-order valence-electron chi connectivity index (χ4n) is 4.06. The molecule has 0 atom stereocenters. The molecule has 8 heteroatoms. The summed E-state index contributed by atoms with van der Waals surface area (Å²) in [5.74, 6) is -0.718. The number of halogens is 3. The van der Waals surface area contributed by atoms with Gasteiger partial charge in [-0.2, -0.15) is 0 Å². The number of fused-ring (bicyclic) bond motifs is 1. The topological polar surface area (TPSA) is 67.8 Å². The van der Waals surface area contributed by atoms with Crippen molar-refractivity contribution in [2.45, 2.75) is 32.2 Å². The second-order valence-electron chi connectivity index (χ2n) is 8.95. The summed E-state index contributed by atoms with van der Waals surface area (Å²) < 4.78 is 19.1. The lowest BCUT2D eigenvalue weighted by molar-refractivity contribution is 0.0998. The summed E-state index contributed by atoms with van der Waals surface area (Å²) in [4.78, 5) is 30.4. The molecule has 3 aromatic carbocycles. The van der Waals surface area contributed by atoms with Crippen molar-refractivity contribution in [3.05, 3.63) is 92.7 Å². The summed E-state index contributed by atoms with van der Waals surface area (Å²) in [5.41, 5.74) is 3.33. The van der Waals surface area contributed by atoms with E-state index in [9.17, 15) is 14.0 Å². The Labute approximate surface area is 212 Å². The number of ether oxygens (including phenoxy) is 1. The molecule has 0 bridgehead atoms. The molecule has 0 saturated heterocycles. The van der Waals surface area contributed by atoms with Gasteiger partial charge in [0.05, 0.1) is 40.4 Å². The summed E-state index contributed by atoms with van der Waals surface area (Å²) in [6, 6.07) is 14.5. The van der Waals surface area contributed by atoms with Gasteiger partial charge in [-0.25, -0.2) is 4.39 Å². The number of carbonyl (C=O) groups excluding carboxylic acids is 2. The average Bonchev–Trinajstić information content (AvgIpc) is 2.81. The summed E-state index contributed by atoms with van der Waals surface area (Å²) in [6.45, 7) is 4.09. The van der Waals surface area contributed by atoms with Gasteiger partial charge in [0.15, 0.2) is 5.78 Å². The van der Waals surface area contributed by atoms with Crippen molar-refractivity contribution in [3.8, 4) is 5.75 Å². The van der Waals surface area contributed by atoms with E-state index in [0.717, 1.165) is 29.3 Å². The van der Waals surface area contributed by atoms with Gasteiger partial charge in [0.2, 0.25) is 0 Å². The minimum absolute atomic E-state index is 0.0359. The van der Waals surface area contributed by atoms with E-state index in [4.69, 9.17) is 32.9 Å². The molecule has 1 heterocycles. The maximum Gasteiger partial charge on any atom is 0.257 e. The average molecular weight is 513 g/mol. The number of carbonyl (C=O) groups is 2. The predicted molar refractivity (Wildman–Crippen MR) is 137 cm³/mol. The smallest absolute Gasteiger partial charge is 0.257 e. The van der Waals surface area contributed by atoms with E-state index in [1.165, 1.54) is 6.07 Å². The first kappa shape index (κ1) is 24.9. The third kappa shape index (κ3) is 5.55. The molecule has 4 rings (SSSR count). The Balaban J connectivity index is 1.50. The van der Waals surface area contributed by atoms with E-state index >= 15 is 0 Å². The highest BCUT2D eigenvalue weighted by Gasteiger charge is 2.28. The molecule has 0 saturated carbocycles. The maximum absolute atomic E-state index is 13.8. The van der Waals surface area contributed by atoms with Gasteiger partial charge >= 0.3 is 0 Å². The number of ketones is 1. The lowest BCUT2D eigenvalue weighted by atomic mass is 9.85. The van der Waals surface area contributed by atoms with Crippen LogP contribution in [0.5, 0.6) is 5.75 Å². The van der Waals surface area contributed by atoms with Gasteiger partial charge in [0, 0.05) is 16.8 Å². The first-order chi connectivity index (χ1) is 16.6. The number of hydrogen-bond donors (Lipinski definition) is 1. The predicted octanol–water partition coefficient (Wildman–Crippen LogP) is 6.79. The van der Waals surface area contributed by atoms with Gasteiger partial charge in [-0.05, 0) is 74.4 Å². The Kier molecular flexibility index (Phi) is 6.97. The molecule has 5 nitrogen and oxygen atoms in total. The molecule has 0 aromatic heterocycles. The number of nitrogens with one attached hydrogen (secondary N) is 1. The number of rotatable bonds is 6. The molecule has 0 aliphatic carbocycles. The van der Waals surface area contributed by atoms with Crippen molar-refractivity contribution < 1.29 is 18.7 Å². The van der Waals surface area contributed by atoms with Crippen LogP contribution < -0.4 is 10.1 Å². The number of amides is 1. The first-order valence-electron chi connectivity index (χ1n) is 10.9. The van der Waals surface area contributed by atoms with E-state index < -0.39 is 11.7 Å². The van der Waals surface area contributed by atoms with Gasteiger partial charge in [-0.1, -0.05) is 29.3 Å². The number of methoxy groups -OCH3 is 1. The van der Waals surface area contributed by atoms with Gasteiger partial charge in [0.25, 0.3) is 5.91 Å². The van der Waals surface area contributed by atoms with Crippen molar-refractivity contribution in [2.75, 3.05) is 12.4 Å². The summed E-state index contributed by atoms with van der Waals surface area (Å²) in [6.07, 6.45) is 0.912. The third-order valence-electron chi connectivity index (χ3n) is 5.74. The molecule has 0 unspecified atom stereocenters. The lowest BCUT2D eigenvalue weighted by Gasteiger charge is -2.29. The van der Waals surface area contributed by atoms with Crippen molar-refractivity contribution in [1.82, 2.24) is 0 Å². The SMILES string of the molecule is COc1ccc2c(c1)C(CC(=O)c1ccc(NC(=O)c3cc(F)c(Cl)cc3Cl)cc1)=NC(C)(C)C2. The fraction of sp³-hybridized carbons (Fsp3) is 0.222. The quantitative estimate of drug-likeness (QED) is 0.292. The Morgan fingerprint density at radius 3 is 2.46 bits per heavy atom. The van der Waals surface area contributed by atoms with E-state index in [-0.39, 0.29) is 33.4 Å². The van der Waals surface area contributed by atoms with Crippen LogP contribution in [0.3, 0.4) is 0 Å². The Morgan fingerprint density at radius 2 is 1.77 bits per heavy atom. The number of nitrogens with zero attached hydrogens (tertiary/aromatic N) is 1. The van der Waals surface area contributed by atoms with Crippen LogP contribution >= 0.6 is 23.2 Å². The van der Waals surface area contributed by atoms with Crippen molar-refractivity contribution >= 4 is 46.3 Å². The molecule has 35 heavy (non-hydrogen) atoms.